The fourth-order valence-electron chi connectivity index (χ4n) is 1.41. The molecule has 100 valence electrons. The molecule has 2 nitrogen and oxygen atoms in total. The molecule has 0 fully saturated rings. The fraction of sp³-hybridized carbons (Fsp3) is 0.0833. The minimum absolute atomic E-state index is 0.193. The van der Waals surface area contributed by atoms with E-state index in [0.717, 1.165) is 5.56 Å². The van der Waals surface area contributed by atoms with Crippen molar-refractivity contribution in [3.63, 3.8) is 0 Å². The third kappa shape index (κ3) is 2.63. The second-order valence-electron chi connectivity index (χ2n) is 3.79. The summed E-state index contributed by atoms with van der Waals surface area (Å²) < 4.78 is 52.6. The summed E-state index contributed by atoms with van der Waals surface area (Å²) in [5.41, 5.74) is -0.0106. The highest BCUT2D eigenvalue weighted by molar-refractivity contribution is 6.31. The average molecular weight is 291 g/mol. The number of benzene rings is 1. The largest absolute Gasteiger partial charge is 0.350 e. The Labute approximate surface area is 111 Å². The SMILES string of the molecule is Cc1ccc(Nc2c(F)c(F)nc(F)c2F)cc1Cl. The predicted octanol–water partition coefficient (Wildman–Crippen LogP) is 4.34. The number of halogens is 5. The van der Waals surface area contributed by atoms with Crippen molar-refractivity contribution < 1.29 is 17.6 Å². The molecule has 2 aromatic rings. The summed E-state index contributed by atoms with van der Waals surface area (Å²) in [6, 6.07) is 4.44. The Kier molecular flexibility index (Phi) is 3.61. The predicted molar refractivity (Wildman–Crippen MR) is 63.5 cm³/mol. The first-order valence-electron chi connectivity index (χ1n) is 5.13. The zero-order valence-corrected chi connectivity index (χ0v) is 10.3. The third-order valence-electron chi connectivity index (χ3n) is 2.44. The molecule has 0 saturated heterocycles. The van der Waals surface area contributed by atoms with Crippen molar-refractivity contribution in [2.24, 2.45) is 0 Å². The lowest BCUT2D eigenvalue weighted by atomic mass is 10.2. The lowest BCUT2D eigenvalue weighted by molar-refractivity contribution is 0.411. The van der Waals surface area contributed by atoms with Crippen LogP contribution in [0, 0.1) is 30.5 Å². The van der Waals surface area contributed by atoms with Gasteiger partial charge in [-0.05, 0) is 24.6 Å². The molecule has 0 radical (unpaired) electrons. The molecule has 1 N–H and O–H groups in total. The molecule has 7 heteroatoms. The highest BCUT2D eigenvalue weighted by Crippen LogP contribution is 2.28. The molecule has 0 spiro atoms. The molecule has 0 aliphatic carbocycles. The molecule has 0 atom stereocenters. The van der Waals surface area contributed by atoms with Gasteiger partial charge in [-0.15, -0.1) is 0 Å². The van der Waals surface area contributed by atoms with Gasteiger partial charge in [-0.1, -0.05) is 17.7 Å². The van der Waals surface area contributed by atoms with Gasteiger partial charge in [0.15, 0.2) is 0 Å². The van der Waals surface area contributed by atoms with Crippen molar-refractivity contribution in [2.45, 2.75) is 6.92 Å². The second-order valence-corrected chi connectivity index (χ2v) is 4.19. The number of hydrogen-bond acceptors (Lipinski definition) is 2. The molecule has 19 heavy (non-hydrogen) atoms. The monoisotopic (exact) mass is 290 g/mol. The Morgan fingerprint density at radius 3 is 2.16 bits per heavy atom. The van der Waals surface area contributed by atoms with Gasteiger partial charge >= 0.3 is 0 Å². The quantitative estimate of drug-likeness (QED) is 0.657. The maximum absolute atomic E-state index is 13.4. The Bertz CT molecular complexity index is 620. The average Bonchev–Trinajstić information content (AvgIpc) is 2.36. The van der Waals surface area contributed by atoms with Crippen LogP contribution in [-0.4, -0.2) is 4.98 Å². The van der Waals surface area contributed by atoms with Gasteiger partial charge in [0.25, 0.3) is 11.9 Å². The van der Waals surface area contributed by atoms with E-state index in [9.17, 15) is 17.6 Å². The van der Waals surface area contributed by atoms with Crippen molar-refractivity contribution >= 4 is 23.0 Å². The van der Waals surface area contributed by atoms with Crippen LogP contribution < -0.4 is 5.32 Å². The van der Waals surface area contributed by atoms with E-state index in [0.29, 0.717) is 5.02 Å². The zero-order chi connectivity index (χ0) is 14.2. The van der Waals surface area contributed by atoms with Crippen LogP contribution >= 0.6 is 11.6 Å². The van der Waals surface area contributed by atoms with Gasteiger partial charge in [0.1, 0.15) is 5.69 Å². The lowest BCUT2D eigenvalue weighted by Gasteiger charge is -2.10. The topological polar surface area (TPSA) is 24.9 Å². The van der Waals surface area contributed by atoms with Crippen molar-refractivity contribution in [1.29, 1.82) is 0 Å². The van der Waals surface area contributed by atoms with Gasteiger partial charge in [0, 0.05) is 10.7 Å². The standard InChI is InChI=1S/C12H7ClF4N2/c1-5-2-3-6(4-7(5)13)18-10-8(14)11(16)19-12(17)9(10)15/h2-4H,1H3,(H,18,19). The van der Waals surface area contributed by atoms with E-state index < -0.39 is 29.2 Å². The summed E-state index contributed by atoms with van der Waals surface area (Å²) in [4.78, 5) is 2.46. The van der Waals surface area contributed by atoms with E-state index in [-0.39, 0.29) is 5.69 Å². The van der Waals surface area contributed by atoms with Gasteiger partial charge in [-0.3, -0.25) is 0 Å². The molecule has 0 amide bonds. The molecule has 0 aliphatic rings. The van der Waals surface area contributed by atoms with Crippen LogP contribution in [0.2, 0.25) is 5.02 Å². The zero-order valence-electron chi connectivity index (χ0n) is 9.57. The number of rotatable bonds is 2. The van der Waals surface area contributed by atoms with Gasteiger partial charge < -0.3 is 5.32 Å². The van der Waals surface area contributed by atoms with Crippen molar-refractivity contribution in [2.75, 3.05) is 5.32 Å². The second kappa shape index (κ2) is 5.05. The van der Waals surface area contributed by atoms with Crippen molar-refractivity contribution in [3.05, 3.63) is 52.3 Å². The number of aromatic nitrogens is 1. The Morgan fingerprint density at radius 1 is 1.05 bits per heavy atom. The van der Waals surface area contributed by atoms with Gasteiger partial charge in [0.05, 0.1) is 0 Å². The van der Waals surface area contributed by atoms with E-state index in [1.807, 2.05) is 0 Å². The molecule has 0 unspecified atom stereocenters. The van der Waals surface area contributed by atoms with Crippen LogP contribution in [0.3, 0.4) is 0 Å². The summed E-state index contributed by atoms with van der Waals surface area (Å²) in [5.74, 6) is -6.65. The van der Waals surface area contributed by atoms with Gasteiger partial charge in [-0.25, -0.2) is 0 Å². The van der Waals surface area contributed by atoms with E-state index in [2.05, 4.69) is 10.3 Å². The minimum atomic E-state index is -1.72. The van der Waals surface area contributed by atoms with Crippen molar-refractivity contribution in [1.82, 2.24) is 4.98 Å². The molecule has 0 bridgehead atoms. The molecular formula is C12H7ClF4N2. The fourth-order valence-corrected chi connectivity index (χ4v) is 1.59. The summed E-state index contributed by atoms with van der Waals surface area (Å²) >= 11 is 5.83. The van der Waals surface area contributed by atoms with E-state index in [1.54, 1.807) is 13.0 Å². The molecule has 1 aromatic heterocycles. The first kappa shape index (κ1) is 13.6. The first-order valence-corrected chi connectivity index (χ1v) is 5.51. The molecule has 1 aromatic carbocycles. The number of pyridine rings is 1. The van der Waals surface area contributed by atoms with Crippen LogP contribution in [0.25, 0.3) is 0 Å². The number of nitrogens with one attached hydrogen (secondary N) is 1. The van der Waals surface area contributed by atoms with Crippen LogP contribution in [0.4, 0.5) is 28.9 Å². The first-order chi connectivity index (χ1) is 8.90. The molecule has 0 aliphatic heterocycles. The normalized spacial score (nSPS) is 10.6. The Hall–Kier alpha value is -1.82. The number of hydrogen-bond donors (Lipinski definition) is 1. The highest BCUT2D eigenvalue weighted by atomic mass is 35.5. The minimum Gasteiger partial charge on any atom is -0.350 e. The lowest BCUT2D eigenvalue weighted by Crippen LogP contribution is -2.06. The van der Waals surface area contributed by atoms with Crippen LogP contribution in [0.5, 0.6) is 0 Å². The maximum Gasteiger partial charge on any atom is 0.253 e. The highest BCUT2D eigenvalue weighted by Gasteiger charge is 2.20. The van der Waals surface area contributed by atoms with Crippen LogP contribution in [0.1, 0.15) is 5.56 Å². The number of anilines is 2. The van der Waals surface area contributed by atoms with Crippen molar-refractivity contribution in [3.8, 4) is 0 Å². The Balaban J connectivity index is 2.46. The molecule has 2 rings (SSSR count). The van der Waals surface area contributed by atoms with Crippen LogP contribution in [0.15, 0.2) is 18.2 Å². The van der Waals surface area contributed by atoms with E-state index in [4.69, 9.17) is 11.6 Å². The summed E-state index contributed by atoms with van der Waals surface area (Å²) in [7, 11) is 0. The molecule has 0 saturated carbocycles. The van der Waals surface area contributed by atoms with Gasteiger partial charge in [0.2, 0.25) is 11.6 Å². The third-order valence-corrected chi connectivity index (χ3v) is 2.85. The maximum atomic E-state index is 13.4. The van der Waals surface area contributed by atoms with E-state index >= 15 is 0 Å². The molecular weight excluding hydrogens is 284 g/mol. The summed E-state index contributed by atoms with van der Waals surface area (Å²) in [6.07, 6.45) is 0. The van der Waals surface area contributed by atoms with Crippen LogP contribution in [-0.2, 0) is 0 Å². The summed E-state index contributed by atoms with van der Waals surface area (Å²) in [5, 5.41) is 2.58. The number of aryl methyl sites for hydroxylation is 1. The molecule has 1 heterocycles. The van der Waals surface area contributed by atoms with E-state index in [1.165, 1.54) is 12.1 Å². The Morgan fingerprint density at radius 2 is 1.63 bits per heavy atom. The van der Waals surface area contributed by atoms with Gasteiger partial charge in [-0.2, -0.15) is 22.5 Å². The summed E-state index contributed by atoms with van der Waals surface area (Å²) in [6.45, 7) is 1.74. The number of nitrogens with zero attached hydrogens (tertiary/aromatic N) is 1. The smallest absolute Gasteiger partial charge is 0.253 e.